The molecule has 1 aromatic carbocycles. The lowest BCUT2D eigenvalue weighted by molar-refractivity contribution is 0.145. The Balaban J connectivity index is 2.04. The molecule has 2 N–H and O–H groups in total. The van der Waals surface area contributed by atoms with Crippen molar-refractivity contribution in [2.45, 2.75) is 32.4 Å². The molecular weight excluding hydrogens is 248 g/mol. The number of hydrogen-bond donors (Lipinski definition) is 2. The molecule has 1 aromatic rings. The van der Waals surface area contributed by atoms with Gasteiger partial charge in [0.15, 0.2) is 0 Å². The van der Waals surface area contributed by atoms with Gasteiger partial charge in [-0.2, -0.15) is 0 Å². The van der Waals surface area contributed by atoms with E-state index in [0.717, 1.165) is 55.3 Å². The van der Waals surface area contributed by atoms with E-state index in [0.29, 0.717) is 0 Å². The monoisotopic (exact) mass is 268 g/mol. The highest BCUT2D eigenvalue weighted by Crippen LogP contribution is 2.26. The third kappa shape index (κ3) is 3.37. The van der Waals surface area contributed by atoms with Gasteiger partial charge in [0, 0.05) is 30.3 Å². The molecule has 100 valence electrons. The summed E-state index contributed by atoms with van der Waals surface area (Å²) >= 11 is 6.30. The molecule has 1 heterocycles. The molecule has 0 saturated carbocycles. The van der Waals surface area contributed by atoms with E-state index in [9.17, 15) is 5.11 Å². The zero-order chi connectivity index (χ0) is 13.0. The SMILES string of the molecule is CCNCc1ccc(N2CCC(O)CC2)cc1Cl. The number of nitrogens with zero attached hydrogens (tertiary/aromatic N) is 1. The van der Waals surface area contributed by atoms with E-state index in [4.69, 9.17) is 11.6 Å². The number of piperidine rings is 1. The van der Waals surface area contributed by atoms with E-state index in [-0.39, 0.29) is 6.10 Å². The number of hydrogen-bond acceptors (Lipinski definition) is 3. The molecule has 0 atom stereocenters. The van der Waals surface area contributed by atoms with E-state index < -0.39 is 0 Å². The molecule has 0 spiro atoms. The van der Waals surface area contributed by atoms with Crippen molar-refractivity contribution in [1.29, 1.82) is 0 Å². The molecule has 1 aliphatic rings. The van der Waals surface area contributed by atoms with Gasteiger partial charge in [-0.1, -0.05) is 24.6 Å². The van der Waals surface area contributed by atoms with Crippen LogP contribution in [0.15, 0.2) is 18.2 Å². The summed E-state index contributed by atoms with van der Waals surface area (Å²) in [6, 6.07) is 6.24. The Morgan fingerprint density at radius 1 is 1.39 bits per heavy atom. The highest BCUT2D eigenvalue weighted by Gasteiger charge is 2.17. The summed E-state index contributed by atoms with van der Waals surface area (Å²) in [4.78, 5) is 2.29. The van der Waals surface area contributed by atoms with E-state index in [2.05, 4.69) is 29.3 Å². The van der Waals surface area contributed by atoms with Gasteiger partial charge in [-0.3, -0.25) is 0 Å². The summed E-state index contributed by atoms with van der Waals surface area (Å²) in [7, 11) is 0. The van der Waals surface area contributed by atoms with Crippen molar-refractivity contribution in [3.05, 3.63) is 28.8 Å². The maximum absolute atomic E-state index is 9.51. The first kappa shape index (κ1) is 13.7. The Kier molecular flexibility index (Phi) is 4.87. The van der Waals surface area contributed by atoms with Gasteiger partial charge < -0.3 is 15.3 Å². The van der Waals surface area contributed by atoms with Gasteiger partial charge >= 0.3 is 0 Å². The number of halogens is 1. The first-order chi connectivity index (χ1) is 8.70. The molecule has 1 saturated heterocycles. The van der Waals surface area contributed by atoms with E-state index in [1.54, 1.807) is 0 Å². The smallest absolute Gasteiger partial charge is 0.0574 e. The number of benzene rings is 1. The largest absolute Gasteiger partial charge is 0.393 e. The molecule has 0 bridgehead atoms. The lowest BCUT2D eigenvalue weighted by atomic mass is 10.1. The van der Waals surface area contributed by atoms with Gasteiger partial charge in [0.2, 0.25) is 0 Å². The Hall–Kier alpha value is -0.770. The van der Waals surface area contributed by atoms with Crippen LogP contribution in [0.3, 0.4) is 0 Å². The first-order valence-corrected chi connectivity index (χ1v) is 7.00. The van der Waals surface area contributed by atoms with Crippen LogP contribution < -0.4 is 10.2 Å². The number of nitrogens with one attached hydrogen (secondary N) is 1. The van der Waals surface area contributed by atoms with Crippen LogP contribution in [0, 0.1) is 0 Å². The normalized spacial score (nSPS) is 17.2. The topological polar surface area (TPSA) is 35.5 Å². The predicted molar refractivity (Wildman–Crippen MR) is 76.3 cm³/mol. The highest BCUT2D eigenvalue weighted by atomic mass is 35.5. The van der Waals surface area contributed by atoms with Gasteiger partial charge in [0.1, 0.15) is 0 Å². The van der Waals surface area contributed by atoms with Gasteiger partial charge in [0.25, 0.3) is 0 Å². The fourth-order valence-corrected chi connectivity index (χ4v) is 2.50. The van der Waals surface area contributed by atoms with E-state index >= 15 is 0 Å². The van der Waals surface area contributed by atoms with Crippen molar-refractivity contribution >= 4 is 17.3 Å². The van der Waals surface area contributed by atoms with Crippen LogP contribution in [0.4, 0.5) is 5.69 Å². The molecule has 1 fully saturated rings. The number of anilines is 1. The first-order valence-electron chi connectivity index (χ1n) is 6.63. The zero-order valence-corrected chi connectivity index (χ0v) is 11.6. The molecule has 0 aliphatic carbocycles. The molecule has 0 amide bonds. The fourth-order valence-electron chi connectivity index (χ4n) is 2.26. The van der Waals surface area contributed by atoms with Gasteiger partial charge in [-0.15, -0.1) is 0 Å². The van der Waals surface area contributed by atoms with E-state index in [1.165, 1.54) is 0 Å². The minimum Gasteiger partial charge on any atom is -0.393 e. The van der Waals surface area contributed by atoms with Crippen LogP contribution in [-0.2, 0) is 6.54 Å². The third-order valence-corrected chi connectivity index (χ3v) is 3.78. The van der Waals surface area contributed by atoms with Crippen molar-refractivity contribution in [1.82, 2.24) is 5.32 Å². The maximum Gasteiger partial charge on any atom is 0.0574 e. The summed E-state index contributed by atoms with van der Waals surface area (Å²) in [5.74, 6) is 0. The Morgan fingerprint density at radius 3 is 2.72 bits per heavy atom. The minimum absolute atomic E-state index is 0.134. The molecule has 0 aromatic heterocycles. The molecule has 0 radical (unpaired) electrons. The molecule has 2 rings (SSSR count). The van der Waals surface area contributed by atoms with Crippen molar-refractivity contribution in [2.75, 3.05) is 24.5 Å². The summed E-state index contributed by atoms with van der Waals surface area (Å²) in [6.45, 7) is 5.66. The van der Waals surface area contributed by atoms with Gasteiger partial charge in [0.05, 0.1) is 6.10 Å². The quantitative estimate of drug-likeness (QED) is 0.880. The predicted octanol–water partition coefficient (Wildman–Crippen LogP) is 2.41. The minimum atomic E-state index is -0.134. The molecule has 0 unspecified atom stereocenters. The Bertz CT molecular complexity index is 389. The molecule has 1 aliphatic heterocycles. The van der Waals surface area contributed by atoms with Crippen LogP contribution in [0.2, 0.25) is 5.02 Å². The third-order valence-electron chi connectivity index (χ3n) is 3.43. The molecule has 4 heteroatoms. The van der Waals surface area contributed by atoms with Crippen LogP contribution in [0.25, 0.3) is 0 Å². The number of rotatable bonds is 4. The molecular formula is C14H21ClN2O. The summed E-state index contributed by atoms with van der Waals surface area (Å²) < 4.78 is 0. The second-order valence-corrected chi connectivity index (χ2v) is 5.18. The van der Waals surface area contributed by atoms with Gasteiger partial charge in [-0.25, -0.2) is 0 Å². The van der Waals surface area contributed by atoms with E-state index in [1.807, 2.05) is 6.07 Å². The maximum atomic E-state index is 9.51. The average molecular weight is 269 g/mol. The second-order valence-electron chi connectivity index (χ2n) is 4.77. The van der Waals surface area contributed by atoms with Crippen LogP contribution in [0.1, 0.15) is 25.3 Å². The summed E-state index contributed by atoms with van der Waals surface area (Å²) in [5, 5.41) is 13.6. The summed E-state index contributed by atoms with van der Waals surface area (Å²) in [6.07, 6.45) is 1.55. The molecule has 3 nitrogen and oxygen atoms in total. The average Bonchev–Trinajstić information content (AvgIpc) is 2.38. The van der Waals surface area contributed by atoms with Crippen LogP contribution in [0.5, 0.6) is 0 Å². The molecule has 18 heavy (non-hydrogen) atoms. The van der Waals surface area contributed by atoms with Crippen molar-refractivity contribution in [3.8, 4) is 0 Å². The van der Waals surface area contributed by atoms with Crippen LogP contribution >= 0.6 is 11.6 Å². The van der Waals surface area contributed by atoms with Crippen LogP contribution in [-0.4, -0.2) is 30.8 Å². The van der Waals surface area contributed by atoms with Crippen molar-refractivity contribution in [3.63, 3.8) is 0 Å². The van der Waals surface area contributed by atoms with Crippen molar-refractivity contribution in [2.24, 2.45) is 0 Å². The van der Waals surface area contributed by atoms with Gasteiger partial charge in [-0.05, 0) is 37.1 Å². The lowest BCUT2D eigenvalue weighted by Gasteiger charge is -2.31. The van der Waals surface area contributed by atoms with Crippen molar-refractivity contribution < 1.29 is 5.11 Å². The number of aliphatic hydroxyl groups is 1. The Morgan fingerprint density at radius 2 is 2.11 bits per heavy atom. The summed E-state index contributed by atoms with van der Waals surface area (Å²) in [5.41, 5.74) is 2.30. The highest BCUT2D eigenvalue weighted by molar-refractivity contribution is 6.31. The Labute approximate surface area is 114 Å². The lowest BCUT2D eigenvalue weighted by Crippen LogP contribution is -2.35. The second kappa shape index (κ2) is 6.41. The zero-order valence-electron chi connectivity index (χ0n) is 10.8. The fraction of sp³-hybridized carbons (Fsp3) is 0.571. The number of aliphatic hydroxyl groups excluding tert-OH is 1. The standard InChI is InChI=1S/C14H21ClN2O/c1-2-16-10-11-3-4-12(9-14(11)15)17-7-5-13(18)6-8-17/h3-4,9,13,16,18H,2,5-8,10H2,1H3.